The van der Waals surface area contributed by atoms with Crippen molar-refractivity contribution in [1.82, 2.24) is 15.5 Å². The molecule has 1 heterocycles. The lowest BCUT2D eigenvalue weighted by atomic mass is 10.2. The molecular formula is C17H32N4. The van der Waals surface area contributed by atoms with Gasteiger partial charge in [0.25, 0.3) is 0 Å². The van der Waals surface area contributed by atoms with E-state index < -0.39 is 0 Å². The average molecular weight is 292 g/mol. The Kier molecular flexibility index (Phi) is 8.99. The van der Waals surface area contributed by atoms with Gasteiger partial charge in [0.15, 0.2) is 5.82 Å². The van der Waals surface area contributed by atoms with Crippen LogP contribution in [0, 0.1) is 5.92 Å². The summed E-state index contributed by atoms with van der Waals surface area (Å²) in [6.07, 6.45) is 4.85. The fourth-order valence-corrected chi connectivity index (χ4v) is 2.14. The maximum absolute atomic E-state index is 4.42. The van der Waals surface area contributed by atoms with Gasteiger partial charge in [-0.2, -0.15) is 5.10 Å². The van der Waals surface area contributed by atoms with Crippen molar-refractivity contribution in [3.8, 4) is 0 Å². The smallest absolute Gasteiger partial charge is 0.151 e. The molecule has 0 amide bonds. The minimum atomic E-state index is 0.663. The molecule has 0 saturated heterocycles. The summed E-state index contributed by atoms with van der Waals surface area (Å²) in [4.78, 5) is 2.37. The van der Waals surface area contributed by atoms with Crippen LogP contribution in [0.15, 0.2) is 12.1 Å². The fourth-order valence-electron chi connectivity index (χ4n) is 2.14. The van der Waals surface area contributed by atoms with Crippen molar-refractivity contribution in [3.05, 3.63) is 17.8 Å². The van der Waals surface area contributed by atoms with E-state index in [-0.39, 0.29) is 0 Å². The normalized spacial score (nSPS) is 11.1. The number of nitrogens with zero attached hydrogens (tertiary/aromatic N) is 3. The van der Waals surface area contributed by atoms with Crippen LogP contribution in [0.1, 0.15) is 59.1 Å². The highest BCUT2D eigenvalue weighted by atomic mass is 15.3. The van der Waals surface area contributed by atoms with Gasteiger partial charge in [0, 0.05) is 19.6 Å². The molecule has 21 heavy (non-hydrogen) atoms. The number of hydrogen-bond acceptors (Lipinski definition) is 4. The molecule has 0 aromatic carbocycles. The molecule has 0 aliphatic heterocycles. The van der Waals surface area contributed by atoms with E-state index in [1.165, 1.54) is 25.7 Å². The van der Waals surface area contributed by atoms with Gasteiger partial charge in [-0.3, -0.25) is 0 Å². The van der Waals surface area contributed by atoms with Crippen LogP contribution in [0.3, 0.4) is 0 Å². The number of anilines is 1. The highest BCUT2D eigenvalue weighted by molar-refractivity contribution is 5.37. The Morgan fingerprint density at radius 1 is 1.05 bits per heavy atom. The first-order valence-corrected chi connectivity index (χ1v) is 8.45. The summed E-state index contributed by atoms with van der Waals surface area (Å²) in [5.74, 6) is 1.68. The zero-order chi connectivity index (χ0) is 15.5. The third-order valence-corrected chi connectivity index (χ3v) is 3.45. The largest absolute Gasteiger partial charge is 0.355 e. The van der Waals surface area contributed by atoms with Gasteiger partial charge in [0.2, 0.25) is 0 Å². The van der Waals surface area contributed by atoms with Crippen molar-refractivity contribution in [1.29, 1.82) is 0 Å². The Hall–Kier alpha value is -1.16. The Labute approximate surface area is 130 Å². The zero-order valence-electron chi connectivity index (χ0n) is 14.2. The Balaban J connectivity index is 2.55. The van der Waals surface area contributed by atoms with Crippen LogP contribution in [0.25, 0.3) is 0 Å². The minimum Gasteiger partial charge on any atom is -0.355 e. The first kappa shape index (κ1) is 17.9. The second kappa shape index (κ2) is 10.6. The first-order chi connectivity index (χ1) is 10.2. The van der Waals surface area contributed by atoms with Crippen LogP contribution in [-0.2, 0) is 6.54 Å². The van der Waals surface area contributed by atoms with Gasteiger partial charge in [-0.05, 0) is 37.4 Å². The maximum atomic E-state index is 4.42. The predicted octanol–water partition coefficient (Wildman–Crippen LogP) is 3.63. The molecule has 0 atom stereocenters. The molecule has 0 saturated carbocycles. The van der Waals surface area contributed by atoms with Crippen LogP contribution in [0.4, 0.5) is 5.82 Å². The summed E-state index contributed by atoms with van der Waals surface area (Å²) in [5, 5.41) is 12.2. The number of aromatic nitrogens is 2. The topological polar surface area (TPSA) is 41.0 Å². The monoisotopic (exact) mass is 292 g/mol. The van der Waals surface area contributed by atoms with Gasteiger partial charge in [-0.25, -0.2) is 0 Å². The predicted molar refractivity (Wildman–Crippen MR) is 90.6 cm³/mol. The summed E-state index contributed by atoms with van der Waals surface area (Å²) in [5.41, 5.74) is 1.02. The highest BCUT2D eigenvalue weighted by Crippen LogP contribution is 2.12. The van der Waals surface area contributed by atoms with E-state index in [1.807, 2.05) is 0 Å². The minimum absolute atomic E-state index is 0.663. The van der Waals surface area contributed by atoms with Crippen molar-refractivity contribution in [3.63, 3.8) is 0 Å². The summed E-state index contributed by atoms with van der Waals surface area (Å²) in [7, 11) is 0. The lowest BCUT2D eigenvalue weighted by Crippen LogP contribution is -2.27. The van der Waals surface area contributed by atoms with Crippen molar-refractivity contribution in [2.45, 2.75) is 59.9 Å². The zero-order valence-corrected chi connectivity index (χ0v) is 14.2. The number of nitrogens with one attached hydrogen (secondary N) is 1. The maximum Gasteiger partial charge on any atom is 0.151 e. The fraction of sp³-hybridized carbons (Fsp3) is 0.765. The molecule has 0 aliphatic rings. The van der Waals surface area contributed by atoms with E-state index in [2.05, 4.69) is 60.2 Å². The van der Waals surface area contributed by atoms with Crippen molar-refractivity contribution < 1.29 is 0 Å². The molecule has 4 heteroatoms. The molecule has 0 aliphatic carbocycles. The first-order valence-electron chi connectivity index (χ1n) is 8.45. The number of rotatable bonds is 11. The van der Waals surface area contributed by atoms with Gasteiger partial charge in [0.1, 0.15) is 0 Å². The Morgan fingerprint density at radius 3 is 2.19 bits per heavy atom. The lowest BCUT2D eigenvalue weighted by Gasteiger charge is -2.23. The van der Waals surface area contributed by atoms with E-state index in [9.17, 15) is 0 Å². The third-order valence-electron chi connectivity index (χ3n) is 3.45. The van der Waals surface area contributed by atoms with Crippen LogP contribution >= 0.6 is 0 Å². The molecular weight excluding hydrogens is 260 g/mol. The summed E-state index contributed by atoms with van der Waals surface area (Å²) in [6.45, 7) is 12.9. The van der Waals surface area contributed by atoms with Crippen LogP contribution in [0.2, 0.25) is 0 Å². The van der Waals surface area contributed by atoms with Crippen molar-refractivity contribution in [2.75, 3.05) is 24.5 Å². The quantitative estimate of drug-likeness (QED) is 0.676. The van der Waals surface area contributed by atoms with E-state index in [0.29, 0.717) is 5.92 Å². The molecule has 0 spiro atoms. The van der Waals surface area contributed by atoms with Gasteiger partial charge < -0.3 is 10.2 Å². The van der Waals surface area contributed by atoms with Gasteiger partial charge in [-0.15, -0.1) is 5.10 Å². The van der Waals surface area contributed by atoms with Gasteiger partial charge >= 0.3 is 0 Å². The molecule has 0 bridgehead atoms. The van der Waals surface area contributed by atoms with E-state index in [1.54, 1.807) is 0 Å². The molecule has 1 N–H and O–H groups in total. The Morgan fingerprint density at radius 2 is 1.71 bits per heavy atom. The molecule has 0 fully saturated rings. The summed E-state index contributed by atoms with van der Waals surface area (Å²) < 4.78 is 0. The number of unbranched alkanes of at least 4 members (excludes halogenated alkanes) is 2. The molecule has 4 nitrogen and oxygen atoms in total. The molecule has 0 radical (unpaired) electrons. The summed E-state index contributed by atoms with van der Waals surface area (Å²) >= 11 is 0. The molecule has 120 valence electrons. The highest BCUT2D eigenvalue weighted by Gasteiger charge is 2.08. The van der Waals surface area contributed by atoms with E-state index in [0.717, 1.165) is 37.7 Å². The van der Waals surface area contributed by atoms with E-state index in [4.69, 9.17) is 0 Å². The standard InChI is InChI=1S/C17H32N4/c1-5-7-11-21(12-8-6-2)17-10-9-16(19-20-17)14-18-13-15(3)4/h9-10,15,18H,5-8,11-14H2,1-4H3. The van der Waals surface area contributed by atoms with Crippen LogP contribution < -0.4 is 10.2 Å². The molecule has 1 aromatic heterocycles. The lowest BCUT2D eigenvalue weighted by molar-refractivity contribution is 0.545. The summed E-state index contributed by atoms with van der Waals surface area (Å²) in [6, 6.07) is 4.21. The second-order valence-electron chi connectivity index (χ2n) is 6.10. The Bertz CT molecular complexity index is 354. The number of hydrogen-bond donors (Lipinski definition) is 1. The third kappa shape index (κ3) is 7.42. The van der Waals surface area contributed by atoms with Crippen molar-refractivity contribution >= 4 is 5.82 Å². The van der Waals surface area contributed by atoms with Gasteiger partial charge in [-0.1, -0.05) is 40.5 Å². The van der Waals surface area contributed by atoms with Crippen molar-refractivity contribution in [2.24, 2.45) is 5.92 Å². The molecule has 1 aromatic rings. The van der Waals surface area contributed by atoms with E-state index >= 15 is 0 Å². The average Bonchev–Trinajstić information content (AvgIpc) is 2.48. The molecule has 1 rings (SSSR count). The molecule has 0 unspecified atom stereocenters. The SMILES string of the molecule is CCCCN(CCCC)c1ccc(CNCC(C)C)nn1. The van der Waals surface area contributed by atoms with Crippen LogP contribution in [-0.4, -0.2) is 29.8 Å². The van der Waals surface area contributed by atoms with Crippen LogP contribution in [0.5, 0.6) is 0 Å². The second-order valence-corrected chi connectivity index (χ2v) is 6.10. The van der Waals surface area contributed by atoms with Gasteiger partial charge in [0.05, 0.1) is 5.69 Å².